The molecule has 2 aromatic rings. The topological polar surface area (TPSA) is 26.0 Å². The van der Waals surface area contributed by atoms with Crippen LogP contribution in [0.5, 0.6) is 0 Å². The third-order valence-electron chi connectivity index (χ3n) is 3.28. The van der Waals surface area contributed by atoms with Gasteiger partial charge in [-0.3, -0.25) is 0 Å². The second-order valence-electron chi connectivity index (χ2n) is 5.10. The summed E-state index contributed by atoms with van der Waals surface area (Å²) in [7, 11) is 0. The van der Waals surface area contributed by atoms with Crippen molar-refractivity contribution < 1.29 is 0 Å². The van der Waals surface area contributed by atoms with Crippen LogP contribution in [0, 0.1) is 13.8 Å². The monoisotopic (exact) mass is 267 g/mol. The summed E-state index contributed by atoms with van der Waals surface area (Å²) in [5, 5.41) is 0. The Bertz CT molecular complexity index is 489. The van der Waals surface area contributed by atoms with Gasteiger partial charge in [-0.25, -0.2) is 0 Å². The van der Waals surface area contributed by atoms with Crippen LogP contribution < -0.4 is 5.73 Å². The van der Waals surface area contributed by atoms with Crippen LogP contribution in [-0.2, 0) is 0 Å². The summed E-state index contributed by atoms with van der Waals surface area (Å²) in [6.07, 6.45) is 2.70. The number of hydrogen-bond acceptors (Lipinski definition) is 1. The Hall–Kier alpha value is -2.02. The molecule has 1 heteroatoms. The van der Waals surface area contributed by atoms with E-state index < -0.39 is 0 Å². The van der Waals surface area contributed by atoms with Gasteiger partial charge in [0.2, 0.25) is 0 Å². The van der Waals surface area contributed by atoms with Crippen molar-refractivity contribution in [1.82, 2.24) is 0 Å². The minimum absolute atomic E-state index is 1.07. The molecule has 0 atom stereocenters. The molecule has 0 radical (unpaired) electrons. The second kappa shape index (κ2) is 8.21. The molecule has 0 aliphatic carbocycles. The molecule has 1 nitrogen and oxygen atoms in total. The molecule has 0 aliphatic rings. The van der Waals surface area contributed by atoms with Crippen molar-refractivity contribution in [2.75, 3.05) is 0 Å². The standard InChI is InChI=1S/C14H14.C5H11N/c1-11-3-7-13(8-4-11)14-9-5-12(2)6-10-14;1-3-5(2)4-6/h3-10H,1-2H3;4H,3,6H2,1-2H3/b;5-4-. The zero-order valence-corrected chi connectivity index (χ0v) is 13.0. The molecule has 0 amide bonds. The number of hydrogen-bond donors (Lipinski definition) is 1. The third-order valence-corrected chi connectivity index (χ3v) is 3.28. The second-order valence-corrected chi connectivity index (χ2v) is 5.10. The zero-order chi connectivity index (χ0) is 15.0. The first kappa shape index (κ1) is 16.0. The van der Waals surface area contributed by atoms with Gasteiger partial charge < -0.3 is 5.73 Å². The van der Waals surface area contributed by atoms with E-state index in [-0.39, 0.29) is 0 Å². The minimum atomic E-state index is 1.07. The average molecular weight is 267 g/mol. The maximum atomic E-state index is 5.12. The summed E-state index contributed by atoms with van der Waals surface area (Å²) >= 11 is 0. The van der Waals surface area contributed by atoms with E-state index in [1.54, 1.807) is 6.20 Å². The smallest absolute Gasteiger partial charge is 0.00734 e. The molecule has 0 unspecified atom stereocenters. The molecule has 0 aliphatic heterocycles. The largest absolute Gasteiger partial charge is 0.405 e. The Kier molecular flexibility index (Phi) is 6.58. The Labute approximate surface area is 123 Å². The van der Waals surface area contributed by atoms with E-state index in [1.165, 1.54) is 27.8 Å². The van der Waals surface area contributed by atoms with E-state index in [0.717, 1.165) is 6.42 Å². The highest BCUT2D eigenvalue weighted by Gasteiger charge is 1.95. The molecular weight excluding hydrogens is 242 g/mol. The van der Waals surface area contributed by atoms with Gasteiger partial charge in [0.1, 0.15) is 0 Å². The van der Waals surface area contributed by atoms with Gasteiger partial charge in [-0.1, -0.05) is 72.2 Å². The lowest BCUT2D eigenvalue weighted by Gasteiger charge is -2.02. The van der Waals surface area contributed by atoms with Gasteiger partial charge >= 0.3 is 0 Å². The molecule has 2 N–H and O–H groups in total. The summed E-state index contributed by atoms with van der Waals surface area (Å²) in [6.45, 7) is 8.32. The quantitative estimate of drug-likeness (QED) is 0.792. The van der Waals surface area contributed by atoms with E-state index in [4.69, 9.17) is 5.73 Å². The fourth-order valence-corrected chi connectivity index (χ4v) is 1.61. The predicted octanol–water partition coefficient (Wildman–Crippen LogP) is 5.23. The number of benzene rings is 2. The van der Waals surface area contributed by atoms with Crippen molar-refractivity contribution >= 4 is 0 Å². The summed E-state index contributed by atoms with van der Waals surface area (Å²) < 4.78 is 0. The number of nitrogens with two attached hydrogens (primary N) is 1. The normalized spacial score (nSPS) is 10.7. The van der Waals surface area contributed by atoms with Crippen LogP contribution in [0.3, 0.4) is 0 Å². The highest BCUT2D eigenvalue weighted by molar-refractivity contribution is 5.63. The van der Waals surface area contributed by atoms with Crippen molar-refractivity contribution in [3.8, 4) is 11.1 Å². The minimum Gasteiger partial charge on any atom is -0.405 e. The maximum absolute atomic E-state index is 5.12. The van der Waals surface area contributed by atoms with E-state index in [1.807, 2.05) is 6.92 Å². The van der Waals surface area contributed by atoms with Crippen molar-refractivity contribution in [1.29, 1.82) is 0 Å². The van der Waals surface area contributed by atoms with Crippen molar-refractivity contribution in [2.24, 2.45) is 5.73 Å². The Balaban J connectivity index is 0.000000286. The van der Waals surface area contributed by atoms with E-state index in [0.29, 0.717) is 0 Å². The lowest BCUT2D eigenvalue weighted by Crippen LogP contribution is -1.80. The van der Waals surface area contributed by atoms with E-state index in [2.05, 4.69) is 69.3 Å². The van der Waals surface area contributed by atoms with E-state index in [9.17, 15) is 0 Å². The van der Waals surface area contributed by atoms with Crippen LogP contribution in [0.2, 0.25) is 0 Å². The molecule has 0 aromatic heterocycles. The van der Waals surface area contributed by atoms with Crippen molar-refractivity contribution in [2.45, 2.75) is 34.1 Å². The van der Waals surface area contributed by atoms with Crippen LogP contribution in [0.1, 0.15) is 31.4 Å². The lowest BCUT2D eigenvalue weighted by atomic mass is 10.0. The highest BCUT2D eigenvalue weighted by Crippen LogP contribution is 2.19. The molecule has 0 heterocycles. The van der Waals surface area contributed by atoms with Crippen molar-refractivity contribution in [3.63, 3.8) is 0 Å². The predicted molar refractivity (Wildman–Crippen MR) is 89.6 cm³/mol. The summed E-state index contributed by atoms with van der Waals surface area (Å²) in [5.41, 5.74) is 11.6. The molecule has 0 fully saturated rings. The lowest BCUT2D eigenvalue weighted by molar-refractivity contribution is 1.09. The first-order valence-corrected chi connectivity index (χ1v) is 7.08. The van der Waals surface area contributed by atoms with Gasteiger partial charge in [0, 0.05) is 0 Å². The number of allylic oxidation sites excluding steroid dienone is 1. The zero-order valence-electron chi connectivity index (χ0n) is 13.0. The van der Waals surface area contributed by atoms with Gasteiger partial charge in [-0.05, 0) is 44.5 Å². The highest BCUT2D eigenvalue weighted by atomic mass is 14.5. The van der Waals surface area contributed by atoms with Gasteiger partial charge in [-0.2, -0.15) is 0 Å². The fourth-order valence-electron chi connectivity index (χ4n) is 1.61. The van der Waals surface area contributed by atoms with Crippen LogP contribution in [-0.4, -0.2) is 0 Å². The first-order chi connectivity index (χ1) is 9.56. The van der Waals surface area contributed by atoms with Gasteiger partial charge in [0.25, 0.3) is 0 Å². The molecule has 106 valence electrons. The number of rotatable bonds is 2. The summed E-state index contributed by atoms with van der Waals surface area (Å²) in [5.74, 6) is 0. The van der Waals surface area contributed by atoms with Gasteiger partial charge in [0.05, 0.1) is 0 Å². The molecular formula is C19H25N. The van der Waals surface area contributed by atoms with E-state index >= 15 is 0 Å². The van der Waals surface area contributed by atoms with Gasteiger partial charge in [-0.15, -0.1) is 0 Å². The van der Waals surface area contributed by atoms with Crippen molar-refractivity contribution in [3.05, 3.63) is 71.4 Å². The average Bonchev–Trinajstić information content (AvgIpc) is 2.49. The molecule has 2 rings (SSSR count). The molecule has 0 bridgehead atoms. The molecule has 0 saturated carbocycles. The molecule has 20 heavy (non-hydrogen) atoms. The van der Waals surface area contributed by atoms with Crippen LogP contribution in [0.25, 0.3) is 11.1 Å². The first-order valence-electron chi connectivity index (χ1n) is 7.08. The maximum Gasteiger partial charge on any atom is -0.00734 e. The Morgan fingerprint density at radius 1 is 0.850 bits per heavy atom. The molecule has 2 aromatic carbocycles. The number of aryl methyl sites for hydroxylation is 2. The van der Waals surface area contributed by atoms with Crippen LogP contribution in [0.15, 0.2) is 60.3 Å². The third kappa shape index (κ3) is 5.31. The van der Waals surface area contributed by atoms with Crippen LogP contribution in [0.4, 0.5) is 0 Å². The SMILES string of the molecule is CC/C(C)=C\N.Cc1ccc(-c2ccc(C)cc2)cc1. The fraction of sp³-hybridized carbons (Fsp3) is 0.263. The Morgan fingerprint density at radius 2 is 1.20 bits per heavy atom. The van der Waals surface area contributed by atoms with Gasteiger partial charge in [0.15, 0.2) is 0 Å². The Morgan fingerprint density at radius 3 is 1.40 bits per heavy atom. The summed E-state index contributed by atoms with van der Waals surface area (Å²) in [6, 6.07) is 17.3. The molecule has 0 spiro atoms. The molecule has 0 saturated heterocycles. The summed E-state index contributed by atoms with van der Waals surface area (Å²) in [4.78, 5) is 0. The van der Waals surface area contributed by atoms with Crippen LogP contribution >= 0.6 is 0 Å².